The van der Waals surface area contributed by atoms with Gasteiger partial charge in [0, 0.05) is 5.56 Å². The summed E-state index contributed by atoms with van der Waals surface area (Å²) in [6.45, 7) is 4.39. The monoisotopic (exact) mass is 252 g/mol. The van der Waals surface area contributed by atoms with Gasteiger partial charge in [0.15, 0.2) is 5.82 Å². The molecule has 0 unspecified atom stereocenters. The predicted octanol–water partition coefficient (Wildman–Crippen LogP) is 2.80. The lowest BCUT2D eigenvalue weighted by atomic mass is 10.0. The smallest absolute Gasteiger partial charge is 0.161 e. The molecule has 0 saturated heterocycles. The van der Waals surface area contributed by atoms with Crippen molar-refractivity contribution in [3.05, 3.63) is 41.6 Å². The molecule has 1 aromatic heterocycles. The summed E-state index contributed by atoms with van der Waals surface area (Å²) in [5.74, 6) is 1.40. The van der Waals surface area contributed by atoms with Crippen LogP contribution in [0.3, 0.4) is 0 Å². The van der Waals surface area contributed by atoms with Crippen LogP contribution in [0.1, 0.15) is 25.0 Å². The summed E-state index contributed by atoms with van der Waals surface area (Å²) >= 11 is 0. The zero-order valence-electron chi connectivity index (χ0n) is 11.1. The molecule has 4 heteroatoms. The zero-order chi connectivity index (χ0) is 13.8. The van der Waals surface area contributed by atoms with Gasteiger partial charge in [-0.1, -0.05) is 38.1 Å². The van der Waals surface area contributed by atoms with Gasteiger partial charge in [0.05, 0.1) is 6.20 Å². The highest BCUT2D eigenvalue weighted by atomic mass is 14.9. The van der Waals surface area contributed by atoms with Gasteiger partial charge in [0.25, 0.3) is 0 Å². The highest BCUT2D eigenvalue weighted by Gasteiger charge is 2.06. The Balaban J connectivity index is 2.27. The fraction of sp³-hybridized carbons (Fsp3) is 0.267. The summed E-state index contributed by atoms with van der Waals surface area (Å²) < 4.78 is 0. The molecule has 2 rings (SSSR count). The number of hydrogen-bond donors (Lipinski definition) is 1. The number of anilines is 1. The van der Waals surface area contributed by atoms with Gasteiger partial charge < -0.3 is 5.73 Å². The summed E-state index contributed by atoms with van der Waals surface area (Å²) in [6, 6.07) is 10.1. The summed E-state index contributed by atoms with van der Waals surface area (Å²) in [4.78, 5) is 8.31. The van der Waals surface area contributed by atoms with E-state index in [0.717, 1.165) is 12.0 Å². The molecule has 2 aromatic rings. The second-order valence-corrected chi connectivity index (χ2v) is 4.90. The first kappa shape index (κ1) is 13.0. The summed E-state index contributed by atoms with van der Waals surface area (Å²) in [6.07, 6.45) is 2.51. The van der Waals surface area contributed by atoms with Crippen LogP contribution in [-0.4, -0.2) is 9.97 Å². The maximum Gasteiger partial charge on any atom is 0.161 e. The van der Waals surface area contributed by atoms with Gasteiger partial charge in [0.1, 0.15) is 17.5 Å². The van der Waals surface area contributed by atoms with Crippen LogP contribution in [0.15, 0.2) is 30.5 Å². The van der Waals surface area contributed by atoms with Gasteiger partial charge >= 0.3 is 0 Å². The topological polar surface area (TPSA) is 75.6 Å². The van der Waals surface area contributed by atoms with Crippen LogP contribution in [0, 0.1) is 17.2 Å². The number of nitrogen functional groups attached to an aromatic ring is 1. The fourth-order valence-corrected chi connectivity index (χ4v) is 1.88. The number of nitriles is 1. The van der Waals surface area contributed by atoms with Crippen LogP contribution < -0.4 is 5.73 Å². The molecule has 1 heterocycles. The number of benzene rings is 1. The first-order valence-electron chi connectivity index (χ1n) is 6.22. The van der Waals surface area contributed by atoms with Crippen molar-refractivity contribution in [3.63, 3.8) is 0 Å². The number of aromatic nitrogens is 2. The zero-order valence-corrected chi connectivity index (χ0v) is 11.1. The Morgan fingerprint density at radius 3 is 2.47 bits per heavy atom. The van der Waals surface area contributed by atoms with Gasteiger partial charge in [-0.25, -0.2) is 9.97 Å². The molecule has 0 aliphatic rings. The summed E-state index contributed by atoms with van der Waals surface area (Å²) in [5.41, 5.74) is 8.20. The molecule has 19 heavy (non-hydrogen) atoms. The third kappa shape index (κ3) is 3.08. The normalized spacial score (nSPS) is 10.4. The van der Waals surface area contributed by atoms with Gasteiger partial charge in [0.2, 0.25) is 0 Å². The minimum Gasteiger partial charge on any atom is -0.382 e. The van der Waals surface area contributed by atoms with Crippen molar-refractivity contribution in [3.8, 4) is 17.5 Å². The predicted molar refractivity (Wildman–Crippen MR) is 75.1 cm³/mol. The van der Waals surface area contributed by atoms with Crippen LogP contribution in [0.2, 0.25) is 0 Å². The minimum atomic E-state index is 0.221. The van der Waals surface area contributed by atoms with E-state index in [0.29, 0.717) is 17.3 Å². The van der Waals surface area contributed by atoms with E-state index in [1.165, 1.54) is 11.8 Å². The largest absolute Gasteiger partial charge is 0.382 e. The molecular weight excluding hydrogens is 236 g/mol. The highest BCUT2D eigenvalue weighted by Crippen LogP contribution is 2.19. The van der Waals surface area contributed by atoms with Gasteiger partial charge in [-0.05, 0) is 17.9 Å². The van der Waals surface area contributed by atoms with Crippen LogP contribution >= 0.6 is 0 Å². The minimum absolute atomic E-state index is 0.221. The van der Waals surface area contributed by atoms with Crippen molar-refractivity contribution in [2.24, 2.45) is 5.92 Å². The molecule has 0 spiro atoms. The third-order valence-electron chi connectivity index (χ3n) is 2.79. The Morgan fingerprint density at radius 2 is 1.95 bits per heavy atom. The van der Waals surface area contributed by atoms with Crippen LogP contribution in [-0.2, 0) is 6.42 Å². The molecule has 0 fully saturated rings. The van der Waals surface area contributed by atoms with E-state index in [-0.39, 0.29) is 5.82 Å². The van der Waals surface area contributed by atoms with E-state index < -0.39 is 0 Å². The highest BCUT2D eigenvalue weighted by molar-refractivity contribution is 5.59. The lowest BCUT2D eigenvalue weighted by Crippen LogP contribution is -1.99. The van der Waals surface area contributed by atoms with Crippen molar-refractivity contribution in [2.75, 3.05) is 5.73 Å². The molecule has 96 valence electrons. The van der Waals surface area contributed by atoms with Crippen molar-refractivity contribution in [2.45, 2.75) is 20.3 Å². The second kappa shape index (κ2) is 5.49. The van der Waals surface area contributed by atoms with E-state index in [2.05, 4.69) is 35.9 Å². The maximum absolute atomic E-state index is 8.79. The molecule has 2 N–H and O–H groups in total. The quantitative estimate of drug-likeness (QED) is 0.911. The average Bonchev–Trinajstić information content (AvgIpc) is 2.39. The van der Waals surface area contributed by atoms with Crippen LogP contribution in [0.4, 0.5) is 5.82 Å². The van der Waals surface area contributed by atoms with Crippen LogP contribution in [0.25, 0.3) is 11.4 Å². The molecule has 0 bridgehead atoms. The van der Waals surface area contributed by atoms with E-state index in [1.807, 2.05) is 18.2 Å². The van der Waals surface area contributed by atoms with Crippen molar-refractivity contribution >= 4 is 5.82 Å². The molecule has 4 nitrogen and oxygen atoms in total. The van der Waals surface area contributed by atoms with E-state index in [4.69, 9.17) is 11.0 Å². The molecule has 0 radical (unpaired) electrons. The van der Waals surface area contributed by atoms with Gasteiger partial charge in [-0.3, -0.25) is 0 Å². The van der Waals surface area contributed by atoms with Crippen molar-refractivity contribution in [1.29, 1.82) is 5.26 Å². The molecule has 0 saturated carbocycles. The van der Waals surface area contributed by atoms with Gasteiger partial charge in [-0.15, -0.1) is 0 Å². The summed E-state index contributed by atoms with van der Waals surface area (Å²) in [7, 11) is 0. The first-order chi connectivity index (χ1) is 9.10. The standard InChI is InChI=1S/C15H16N4/c1-10(2)7-11-3-5-12(6-4-11)15-18-9-13(8-16)14(17)19-15/h3-6,9-10H,7H2,1-2H3,(H2,17,18,19). The summed E-state index contributed by atoms with van der Waals surface area (Å²) in [5, 5.41) is 8.79. The number of nitrogens with zero attached hydrogens (tertiary/aromatic N) is 3. The van der Waals surface area contributed by atoms with E-state index >= 15 is 0 Å². The van der Waals surface area contributed by atoms with Gasteiger partial charge in [-0.2, -0.15) is 5.26 Å². The molecule has 0 amide bonds. The second-order valence-electron chi connectivity index (χ2n) is 4.90. The first-order valence-corrected chi connectivity index (χ1v) is 6.22. The number of rotatable bonds is 3. The van der Waals surface area contributed by atoms with Crippen LogP contribution in [0.5, 0.6) is 0 Å². The molecule has 1 aromatic carbocycles. The van der Waals surface area contributed by atoms with Crippen molar-refractivity contribution < 1.29 is 0 Å². The number of hydrogen-bond acceptors (Lipinski definition) is 4. The third-order valence-corrected chi connectivity index (χ3v) is 2.79. The Kier molecular flexibility index (Phi) is 3.76. The SMILES string of the molecule is CC(C)Cc1ccc(-c2ncc(C#N)c(N)n2)cc1. The fourth-order valence-electron chi connectivity index (χ4n) is 1.88. The Hall–Kier alpha value is -2.41. The Morgan fingerprint density at radius 1 is 1.26 bits per heavy atom. The lowest BCUT2D eigenvalue weighted by molar-refractivity contribution is 0.647. The lowest BCUT2D eigenvalue weighted by Gasteiger charge is -2.06. The van der Waals surface area contributed by atoms with Crippen molar-refractivity contribution in [1.82, 2.24) is 9.97 Å². The number of nitrogens with two attached hydrogens (primary N) is 1. The molecular formula is C15H16N4. The Bertz CT molecular complexity index is 609. The Labute approximate surface area is 112 Å². The molecule has 0 aliphatic carbocycles. The van der Waals surface area contributed by atoms with E-state index in [1.54, 1.807) is 0 Å². The van der Waals surface area contributed by atoms with E-state index in [9.17, 15) is 0 Å². The molecule has 0 atom stereocenters. The average molecular weight is 252 g/mol. The molecule has 0 aliphatic heterocycles. The maximum atomic E-state index is 8.79.